The Morgan fingerprint density at radius 2 is 1.26 bits per heavy atom. The van der Waals surface area contributed by atoms with Crippen LogP contribution in [0.2, 0.25) is 0 Å². The topological polar surface area (TPSA) is 51.4 Å². The second-order valence-electron chi connectivity index (χ2n) is 14.6. The van der Waals surface area contributed by atoms with Gasteiger partial charge >= 0.3 is 11.5 Å². The first-order valence-corrected chi connectivity index (χ1v) is 14.5. The minimum atomic E-state index is -0.206. The molecule has 0 fully saturated rings. The molecule has 0 saturated heterocycles. The maximum atomic E-state index is 13.5. The summed E-state index contributed by atoms with van der Waals surface area (Å²) in [6.07, 6.45) is 6.63. The molecule has 0 aromatic carbocycles. The maximum absolute atomic E-state index is 13.5. The minimum absolute atomic E-state index is 0.0266. The molecule has 0 bridgehead atoms. The molecule has 0 radical (unpaired) electrons. The highest BCUT2D eigenvalue weighted by molar-refractivity contribution is 8.06. The lowest BCUT2D eigenvalue weighted by molar-refractivity contribution is -0.300. The van der Waals surface area contributed by atoms with Crippen LogP contribution in [0.15, 0.2) is 67.1 Å². The van der Waals surface area contributed by atoms with Gasteiger partial charge in [0.05, 0.1) is 10.8 Å². The predicted octanol–water partition coefficient (Wildman–Crippen LogP) is 9.05. The first kappa shape index (κ1) is 30.2. The van der Waals surface area contributed by atoms with Crippen molar-refractivity contribution in [2.45, 2.75) is 107 Å². The van der Waals surface area contributed by atoms with Crippen LogP contribution in [0.4, 0.5) is 0 Å². The Morgan fingerprint density at radius 3 is 1.61 bits per heavy atom. The van der Waals surface area contributed by atoms with E-state index in [2.05, 4.69) is 95.2 Å². The monoisotopic (exact) mass is 534 g/mol. The van der Waals surface area contributed by atoms with E-state index in [0.717, 1.165) is 28.2 Å². The Hall–Kier alpha value is -2.33. The van der Waals surface area contributed by atoms with E-state index in [1.165, 1.54) is 9.81 Å². The zero-order valence-corrected chi connectivity index (χ0v) is 26.5. The summed E-state index contributed by atoms with van der Waals surface area (Å²) in [5, 5.41) is 13.5. The summed E-state index contributed by atoms with van der Waals surface area (Å²) in [7, 11) is 0. The normalized spacial score (nSPS) is 18.8. The molecule has 0 N–H and O–H groups in total. The fourth-order valence-corrected chi connectivity index (χ4v) is 5.51. The molecule has 0 amide bonds. The van der Waals surface area contributed by atoms with Gasteiger partial charge in [-0.25, -0.2) is 4.42 Å². The van der Waals surface area contributed by atoms with E-state index in [1.807, 2.05) is 19.1 Å². The number of thioether (sulfide) groups is 1. The summed E-state index contributed by atoms with van der Waals surface area (Å²) in [4.78, 5) is 16.0. The van der Waals surface area contributed by atoms with Crippen molar-refractivity contribution in [2.75, 3.05) is 0 Å². The molecule has 2 heterocycles. The standard InChI is InChI=1S/C34H46O3S/c1-14-22(21-18-24(31(2,3)4)37-25(19-21)32(5,6)7)28-29(35)23(30(28)36)15-20-16-26(33(8,9)10)38-27(17-20)34(11,12)13/h15-19H,14H2,1-13H3. The number of rotatable bonds is 3. The van der Waals surface area contributed by atoms with E-state index in [1.54, 1.807) is 17.8 Å². The molecular formula is C34H46O3S. The zero-order chi connectivity index (χ0) is 29.0. The molecule has 1 aliphatic heterocycles. The number of hydrogen-bond acceptors (Lipinski definition) is 3. The van der Waals surface area contributed by atoms with E-state index >= 15 is 0 Å². The Kier molecular flexibility index (Phi) is 7.96. The maximum Gasteiger partial charge on any atom is 0.335 e. The van der Waals surface area contributed by atoms with Crippen LogP contribution >= 0.6 is 11.8 Å². The number of carbonyl (C=O) groups excluding carboxylic acids is 1. The van der Waals surface area contributed by atoms with Gasteiger partial charge in [-0.3, -0.25) is 4.79 Å². The average molecular weight is 535 g/mol. The van der Waals surface area contributed by atoms with Gasteiger partial charge in [0.15, 0.2) is 5.78 Å². The molecule has 4 heteroatoms. The highest BCUT2D eigenvalue weighted by atomic mass is 32.2. The summed E-state index contributed by atoms with van der Waals surface area (Å²) in [5.74, 6) is 1.36. The van der Waals surface area contributed by atoms with E-state index in [-0.39, 0.29) is 38.8 Å². The van der Waals surface area contributed by atoms with Gasteiger partial charge in [-0.2, -0.15) is 0 Å². The lowest BCUT2D eigenvalue weighted by atomic mass is 9.79. The van der Waals surface area contributed by atoms with Crippen LogP contribution in [-0.2, 0) is 15.6 Å². The third kappa shape index (κ3) is 6.28. The molecular weight excluding hydrogens is 488 g/mol. The van der Waals surface area contributed by atoms with Crippen molar-refractivity contribution < 1.29 is 14.3 Å². The molecule has 1 aliphatic carbocycles. The number of allylic oxidation sites excluding steroid dienone is 9. The van der Waals surface area contributed by atoms with Crippen molar-refractivity contribution in [1.82, 2.24) is 0 Å². The van der Waals surface area contributed by atoms with Gasteiger partial charge in [0.2, 0.25) is 0 Å². The van der Waals surface area contributed by atoms with Crippen LogP contribution in [0.25, 0.3) is 5.57 Å². The average Bonchev–Trinajstić information content (AvgIpc) is 2.78. The van der Waals surface area contributed by atoms with Crippen LogP contribution in [0, 0.1) is 10.8 Å². The molecule has 3 nitrogen and oxygen atoms in total. The van der Waals surface area contributed by atoms with Gasteiger partial charge in [-0.1, -0.05) is 66.0 Å². The summed E-state index contributed by atoms with van der Waals surface area (Å²) in [5.41, 5.74) is 2.73. The van der Waals surface area contributed by atoms with Crippen LogP contribution in [0.3, 0.4) is 0 Å². The van der Waals surface area contributed by atoms with Crippen LogP contribution < -0.4 is 5.11 Å². The second kappa shape index (κ2) is 10.0. The lowest BCUT2D eigenvalue weighted by Gasteiger charge is -2.34. The van der Waals surface area contributed by atoms with Gasteiger partial charge in [0, 0.05) is 23.3 Å². The zero-order valence-electron chi connectivity index (χ0n) is 25.7. The molecule has 0 spiro atoms. The van der Waals surface area contributed by atoms with Gasteiger partial charge < -0.3 is 5.11 Å². The van der Waals surface area contributed by atoms with Crippen LogP contribution in [0.1, 0.15) is 114 Å². The Balaban J connectivity index is 2.18. The molecule has 0 atom stereocenters. The number of hydrogen-bond donors (Lipinski definition) is 0. The molecule has 1 aromatic rings. The molecule has 206 valence electrons. The highest BCUT2D eigenvalue weighted by Crippen LogP contribution is 2.49. The van der Waals surface area contributed by atoms with Crippen molar-refractivity contribution >= 4 is 23.1 Å². The minimum Gasteiger partial charge on any atom is -0.871 e. The summed E-state index contributed by atoms with van der Waals surface area (Å²) in [6, 6.07) is 4.01. The summed E-state index contributed by atoms with van der Waals surface area (Å²) in [6.45, 7) is 27.8. The third-order valence-corrected chi connectivity index (χ3v) is 8.72. The second-order valence-corrected chi connectivity index (χ2v) is 15.7. The van der Waals surface area contributed by atoms with Gasteiger partial charge in [0.25, 0.3) is 0 Å². The van der Waals surface area contributed by atoms with Gasteiger partial charge in [0.1, 0.15) is 0 Å². The molecule has 3 rings (SSSR count). The van der Waals surface area contributed by atoms with Crippen molar-refractivity contribution in [3.05, 3.63) is 79.7 Å². The van der Waals surface area contributed by atoms with E-state index in [0.29, 0.717) is 12.0 Å². The molecule has 2 aliphatic rings. The summed E-state index contributed by atoms with van der Waals surface area (Å²) >= 11 is 1.80. The Morgan fingerprint density at radius 1 is 0.816 bits per heavy atom. The van der Waals surface area contributed by atoms with Gasteiger partial charge in [-0.15, -0.1) is 0 Å². The van der Waals surface area contributed by atoms with E-state index in [9.17, 15) is 9.90 Å². The van der Waals surface area contributed by atoms with Crippen molar-refractivity contribution in [1.29, 1.82) is 0 Å². The smallest absolute Gasteiger partial charge is 0.335 e. The molecule has 1 aromatic heterocycles. The van der Waals surface area contributed by atoms with Crippen LogP contribution in [0.5, 0.6) is 0 Å². The quantitative estimate of drug-likeness (QED) is 0.287. The first-order valence-electron chi connectivity index (χ1n) is 13.7. The fraction of sp³-hybridized carbons (Fsp3) is 0.529. The molecule has 38 heavy (non-hydrogen) atoms. The predicted molar refractivity (Wildman–Crippen MR) is 161 cm³/mol. The number of ketones is 1. The lowest BCUT2D eigenvalue weighted by Crippen LogP contribution is -2.30. The highest BCUT2D eigenvalue weighted by Gasteiger charge is 2.36. The van der Waals surface area contributed by atoms with Gasteiger partial charge in [-0.05, 0) is 104 Å². The largest absolute Gasteiger partial charge is 0.871 e. The molecule has 0 saturated carbocycles. The van der Waals surface area contributed by atoms with Crippen LogP contribution in [-0.4, -0.2) is 5.78 Å². The Bertz CT molecular complexity index is 1240. The van der Waals surface area contributed by atoms with Crippen molar-refractivity contribution in [2.24, 2.45) is 10.8 Å². The van der Waals surface area contributed by atoms with E-state index in [4.69, 9.17) is 4.42 Å². The Labute approximate surface area is 234 Å². The number of carbonyl (C=O) groups is 1. The van der Waals surface area contributed by atoms with Crippen molar-refractivity contribution in [3.63, 3.8) is 0 Å². The first-order chi connectivity index (χ1) is 17.1. The van der Waals surface area contributed by atoms with E-state index < -0.39 is 0 Å². The fourth-order valence-electron chi connectivity index (χ4n) is 4.27. The third-order valence-electron chi connectivity index (χ3n) is 6.82. The summed E-state index contributed by atoms with van der Waals surface area (Å²) < 4.78 is 6.30. The SMILES string of the molecule is CCC(=C1C(=O)C(C=C2C=C(C(C)(C)C)SC(C(C)(C)C)=C2)=C1[O-])c1cc(C(C)(C)C)[o+]c(C(C)(C)C)c1. The number of Topliss-reactive ketones (excluding diaryl/α,β-unsaturated/α-hetero) is 1. The van der Waals surface area contributed by atoms with Crippen molar-refractivity contribution in [3.8, 4) is 0 Å². The molecule has 0 unspecified atom stereocenters.